The van der Waals surface area contributed by atoms with Gasteiger partial charge in [0.2, 0.25) is 0 Å². The van der Waals surface area contributed by atoms with Gasteiger partial charge in [-0.1, -0.05) is 0 Å². The van der Waals surface area contributed by atoms with Crippen LogP contribution in [-0.4, -0.2) is 35.7 Å². The van der Waals surface area contributed by atoms with E-state index in [1.165, 1.54) is 0 Å². The van der Waals surface area contributed by atoms with Crippen LogP contribution in [0.3, 0.4) is 0 Å². The molecule has 0 bridgehead atoms. The lowest BCUT2D eigenvalue weighted by atomic mass is 10.2. The molecule has 0 spiro atoms. The first-order valence-electron chi connectivity index (χ1n) is 8.00. The Hall–Kier alpha value is -2.21. The Morgan fingerprint density at radius 1 is 1.39 bits per heavy atom. The van der Waals surface area contributed by atoms with E-state index in [9.17, 15) is 4.79 Å². The van der Waals surface area contributed by atoms with Crippen molar-refractivity contribution >= 4 is 6.03 Å². The molecule has 1 fully saturated rings. The number of nitrogens with zero attached hydrogens (tertiary/aromatic N) is 2. The number of furan rings is 1. The van der Waals surface area contributed by atoms with E-state index in [0.29, 0.717) is 13.2 Å². The van der Waals surface area contributed by atoms with E-state index in [0.717, 1.165) is 37.5 Å². The average Bonchev–Trinajstić information content (AvgIpc) is 3.28. The third kappa shape index (κ3) is 3.76. The van der Waals surface area contributed by atoms with E-state index in [1.807, 2.05) is 46.1 Å². The van der Waals surface area contributed by atoms with Gasteiger partial charge in [-0.15, -0.1) is 0 Å². The van der Waals surface area contributed by atoms with Crippen molar-refractivity contribution in [1.82, 2.24) is 14.8 Å². The second-order valence-electron chi connectivity index (χ2n) is 5.74. The molecule has 3 rings (SSSR count). The minimum absolute atomic E-state index is 0.0205. The number of methoxy groups -OCH3 is 1. The molecule has 0 saturated carbocycles. The highest BCUT2D eigenvalue weighted by molar-refractivity contribution is 5.75. The summed E-state index contributed by atoms with van der Waals surface area (Å²) in [4.78, 5) is 14.3. The summed E-state index contributed by atoms with van der Waals surface area (Å²) in [6.07, 6.45) is 5.91. The first kappa shape index (κ1) is 15.7. The number of amides is 2. The summed E-state index contributed by atoms with van der Waals surface area (Å²) in [5, 5.41) is 2.99. The van der Waals surface area contributed by atoms with Crippen molar-refractivity contribution in [2.45, 2.75) is 32.0 Å². The lowest BCUT2D eigenvalue weighted by Gasteiger charge is -2.23. The molecule has 0 unspecified atom stereocenters. The largest absolute Gasteiger partial charge is 0.461 e. The Bertz CT molecular complexity index is 621. The highest BCUT2D eigenvalue weighted by Crippen LogP contribution is 2.33. The van der Waals surface area contributed by atoms with Gasteiger partial charge in [-0.05, 0) is 37.1 Å². The monoisotopic (exact) mass is 317 g/mol. The maximum atomic E-state index is 12.4. The standard InChI is InChI=1S/C17H23N3O3/c1-22-13-14-6-7-16(23-14)15-5-4-11-20(15)17(21)18-8-12-19-9-2-3-10-19/h2-3,6-7,9-10,15H,4-5,8,11-13H2,1H3,(H,18,21)/t15-/m0/s1. The molecule has 1 atom stereocenters. The fraction of sp³-hybridized carbons (Fsp3) is 0.471. The molecule has 1 aliphatic heterocycles. The molecule has 2 aromatic rings. The van der Waals surface area contributed by atoms with Gasteiger partial charge in [0.1, 0.15) is 18.1 Å². The number of aromatic nitrogens is 1. The zero-order chi connectivity index (χ0) is 16.1. The first-order valence-corrected chi connectivity index (χ1v) is 8.00. The summed E-state index contributed by atoms with van der Waals surface area (Å²) in [7, 11) is 1.64. The van der Waals surface area contributed by atoms with Gasteiger partial charge in [-0.3, -0.25) is 0 Å². The van der Waals surface area contributed by atoms with Crippen molar-refractivity contribution in [2.24, 2.45) is 0 Å². The van der Waals surface area contributed by atoms with Crippen LogP contribution in [0.15, 0.2) is 41.1 Å². The van der Waals surface area contributed by atoms with Crippen molar-refractivity contribution in [2.75, 3.05) is 20.2 Å². The second kappa shape index (κ2) is 7.37. The van der Waals surface area contributed by atoms with Gasteiger partial charge in [-0.2, -0.15) is 0 Å². The van der Waals surface area contributed by atoms with Gasteiger partial charge < -0.3 is 23.9 Å². The topological polar surface area (TPSA) is 59.6 Å². The van der Waals surface area contributed by atoms with E-state index in [2.05, 4.69) is 5.32 Å². The summed E-state index contributed by atoms with van der Waals surface area (Å²) in [6.45, 7) is 2.61. The normalized spacial score (nSPS) is 17.6. The highest BCUT2D eigenvalue weighted by atomic mass is 16.5. The summed E-state index contributed by atoms with van der Waals surface area (Å²) in [5.74, 6) is 1.64. The number of hydrogen-bond acceptors (Lipinski definition) is 3. The minimum atomic E-state index is -0.0238. The molecule has 0 aromatic carbocycles. The Morgan fingerprint density at radius 3 is 3.00 bits per heavy atom. The number of ether oxygens (including phenoxy) is 1. The van der Waals surface area contributed by atoms with Crippen LogP contribution >= 0.6 is 0 Å². The molecule has 0 radical (unpaired) electrons. The van der Waals surface area contributed by atoms with Crippen LogP contribution in [0.1, 0.15) is 30.4 Å². The van der Waals surface area contributed by atoms with Crippen LogP contribution in [0.25, 0.3) is 0 Å². The van der Waals surface area contributed by atoms with Crippen LogP contribution in [0.4, 0.5) is 4.79 Å². The van der Waals surface area contributed by atoms with E-state index >= 15 is 0 Å². The number of urea groups is 1. The number of carbonyl (C=O) groups excluding carboxylic acids is 1. The van der Waals surface area contributed by atoms with E-state index in [1.54, 1.807) is 7.11 Å². The van der Waals surface area contributed by atoms with Gasteiger partial charge in [0.05, 0.1) is 6.04 Å². The van der Waals surface area contributed by atoms with Crippen molar-refractivity contribution in [3.63, 3.8) is 0 Å². The van der Waals surface area contributed by atoms with E-state index in [4.69, 9.17) is 9.15 Å². The molecule has 6 nitrogen and oxygen atoms in total. The Morgan fingerprint density at radius 2 is 2.22 bits per heavy atom. The third-order valence-electron chi connectivity index (χ3n) is 4.12. The first-order chi connectivity index (χ1) is 11.3. The smallest absolute Gasteiger partial charge is 0.318 e. The third-order valence-corrected chi connectivity index (χ3v) is 4.12. The van der Waals surface area contributed by atoms with Crippen molar-refractivity contribution in [3.05, 3.63) is 48.2 Å². The molecule has 1 saturated heterocycles. The van der Waals surface area contributed by atoms with E-state index in [-0.39, 0.29) is 12.1 Å². The Labute approximate surface area is 136 Å². The predicted molar refractivity (Wildman–Crippen MR) is 85.9 cm³/mol. The molecular formula is C17H23N3O3. The molecule has 6 heteroatoms. The molecule has 2 amide bonds. The summed E-state index contributed by atoms with van der Waals surface area (Å²) < 4.78 is 12.9. The fourth-order valence-electron chi connectivity index (χ4n) is 3.01. The molecule has 124 valence electrons. The Balaban J connectivity index is 1.55. The maximum Gasteiger partial charge on any atom is 0.318 e. The summed E-state index contributed by atoms with van der Waals surface area (Å²) >= 11 is 0. The predicted octanol–water partition coefficient (Wildman–Crippen LogP) is 2.77. The van der Waals surface area contributed by atoms with Gasteiger partial charge in [-0.25, -0.2) is 4.79 Å². The fourth-order valence-corrected chi connectivity index (χ4v) is 3.01. The van der Waals surface area contributed by atoms with Crippen LogP contribution in [-0.2, 0) is 17.9 Å². The number of likely N-dealkylation sites (tertiary alicyclic amines) is 1. The van der Waals surface area contributed by atoms with Crippen molar-refractivity contribution in [3.8, 4) is 0 Å². The lowest BCUT2D eigenvalue weighted by Crippen LogP contribution is -2.40. The number of nitrogens with one attached hydrogen (secondary N) is 1. The Kier molecular flexibility index (Phi) is 5.02. The number of rotatable bonds is 6. The van der Waals surface area contributed by atoms with Crippen molar-refractivity contribution in [1.29, 1.82) is 0 Å². The van der Waals surface area contributed by atoms with Gasteiger partial charge in [0.15, 0.2) is 0 Å². The average molecular weight is 317 g/mol. The second-order valence-corrected chi connectivity index (χ2v) is 5.74. The van der Waals surface area contributed by atoms with Gasteiger partial charge in [0, 0.05) is 39.1 Å². The minimum Gasteiger partial charge on any atom is -0.461 e. The summed E-state index contributed by atoms with van der Waals surface area (Å²) in [6, 6.07) is 7.82. The number of carbonyl (C=O) groups is 1. The number of hydrogen-bond donors (Lipinski definition) is 1. The molecule has 3 heterocycles. The molecule has 23 heavy (non-hydrogen) atoms. The lowest BCUT2D eigenvalue weighted by molar-refractivity contribution is 0.156. The van der Waals surface area contributed by atoms with Crippen LogP contribution in [0.2, 0.25) is 0 Å². The maximum absolute atomic E-state index is 12.4. The SMILES string of the molecule is COCc1ccc([C@@H]2CCCN2C(=O)NCCn2cccc2)o1. The van der Waals surface area contributed by atoms with Gasteiger partial charge in [0.25, 0.3) is 0 Å². The molecule has 2 aromatic heterocycles. The zero-order valence-corrected chi connectivity index (χ0v) is 13.4. The quantitative estimate of drug-likeness (QED) is 0.891. The molecular weight excluding hydrogens is 294 g/mol. The molecule has 1 N–H and O–H groups in total. The van der Waals surface area contributed by atoms with E-state index < -0.39 is 0 Å². The molecule has 1 aliphatic rings. The van der Waals surface area contributed by atoms with Crippen LogP contribution in [0.5, 0.6) is 0 Å². The van der Waals surface area contributed by atoms with Crippen LogP contribution in [0, 0.1) is 0 Å². The zero-order valence-electron chi connectivity index (χ0n) is 13.4. The van der Waals surface area contributed by atoms with Gasteiger partial charge >= 0.3 is 6.03 Å². The molecule has 0 aliphatic carbocycles. The highest BCUT2D eigenvalue weighted by Gasteiger charge is 2.32. The van der Waals surface area contributed by atoms with Crippen LogP contribution < -0.4 is 5.32 Å². The van der Waals surface area contributed by atoms with Crippen molar-refractivity contribution < 1.29 is 13.9 Å². The summed E-state index contributed by atoms with van der Waals surface area (Å²) in [5.41, 5.74) is 0.